The Morgan fingerprint density at radius 3 is 1.81 bits per heavy atom. The van der Waals surface area contributed by atoms with Crippen molar-refractivity contribution < 1.29 is 28.5 Å². The molecule has 0 saturated heterocycles. The molecule has 3 aromatic heterocycles. The molecule has 5 rings (SSSR count). The Kier molecular flexibility index (Phi) is 10.4. The van der Waals surface area contributed by atoms with Crippen LogP contribution in [0.4, 0.5) is 0 Å². The van der Waals surface area contributed by atoms with Gasteiger partial charge in [0.05, 0.1) is 49.2 Å². The number of esters is 2. The summed E-state index contributed by atoms with van der Waals surface area (Å²) in [6, 6.07) is 8.22. The van der Waals surface area contributed by atoms with Crippen LogP contribution in [0.15, 0.2) is 24.3 Å². The lowest BCUT2D eigenvalue weighted by Crippen LogP contribution is -2.07. The molecule has 0 amide bonds. The molecule has 10 nitrogen and oxygen atoms in total. The van der Waals surface area contributed by atoms with Gasteiger partial charge in [0.2, 0.25) is 0 Å². The van der Waals surface area contributed by atoms with Crippen molar-refractivity contribution in [3.8, 4) is 0 Å². The second-order valence-electron chi connectivity index (χ2n) is 12.4. The number of methoxy groups -OCH3 is 4. The summed E-state index contributed by atoms with van der Waals surface area (Å²) in [7, 11) is 6.21. The molecule has 5 heterocycles. The van der Waals surface area contributed by atoms with Crippen molar-refractivity contribution in [2.24, 2.45) is 0 Å². The second kappa shape index (κ2) is 14.3. The van der Waals surface area contributed by atoms with Crippen LogP contribution in [0.1, 0.15) is 98.1 Å². The largest absolute Gasteiger partial charge is 0.469 e. The lowest BCUT2D eigenvalue weighted by Gasteiger charge is -2.12. The molecular weight excluding hydrogens is 608 g/mol. The van der Waals surface area contributed by atoms with E-state index in [4.69, 9.17) is 28.9 Å². The molecule has 2 aliphatic rings. The number of hydrogen-bond donors (Lipinski definition) is 2. The summed E-state index contributed by atoms with van der Waals surface area (Å²) < 4.78 is 21.6. The van der Waals surface area contributed by atoms with Crippen LogP contribution in [-0.2, 0) is 35.0 Å². The van der Waals surface area contributed by atoms with E-state index in [1.807, 2.05) is 33.8 Å². The Hall–Kier alpha value is -4.54. The van der Waals surface area contributed by atoms with Gasteiger partial charge in [-0.25, -0.2) is 9.97 Å². The van der Waals surface area contributed by atoms with E-state index in [1.54, 1.807) is 14.2 Å². The van der Waals surface area contributed by atoms with Crippen LogP contribution in [0.2, 0.25) is 0 Å². The van der Waals surface area contributed by atoms with E-state index in [-0.39, 0.29) is 37.0 Å². The van der Waals surface area contributed by atoms with Crippen LogP contribution >= 0.6 is 0 Å². The molecule has 0 saturated carbocycles. The van der Waals surface area contributed by atoms with Crippen LogP contribution in [-0.4, -0.2) is 66.4 Å². The number of hydrogen-bond acceptors (Lipinski definition) is 8. The summed E-state index contributed by atoms with van der Waals surface area (Å²) >= 11 is 0. The van der Waals surface area contributed by atoms with Gasteiger partial charge in [-0.15, -0.1) is 0 Å². The molecule has 2 N–H and O–H groups in total. The summed E-state index contributed by atoms with van der Waals surface area (Å²) in [4.78, 5) is 42.1. The number of carbonyl (C=O) groups is 2. The highest BCUT2D eigenvalue weighted by atomic mass is 16.5. The quantitative estimate of drug-likeness (QED) is 0.214. The van der Waals surface area contributed by atoms with Gasteiger partial charge in [-0.2, -0.15) is 0 Å². The second-order valence-corrected chi connectivity index (χ2v) is 12.4. The van der Waals surface area contributed by atoms with E-state index in [0.717, 1.165) is 89.4 Å². The SMILES string of the molecule is COC(=O)CCC1=C(C)c2cc3[nH]c(cc4nc(cc5[nH]c(cc1n2)c(CCC(=O)OC)c5C)C(C)=C4C(C)OC)c(C)c3C(C)OC. The van der Waals surface area contributed by atoms with Crippen LogP contribution < -0.4 is 0 Å². The lowest BCUT2D eigenvalue weighted by atomic mass is 9.99. The van der Waals surface area contributed by atoms with E-state index in [9.17, 15) is 9.59 Å². The van der Waals surface area contributed by atoms with Gasteiger partial charge >= 0.3 is 11.9 Å². The zero-order valence-corrected chi connectivity index (χ0v) is 29.6. The Bertz CT molecular complexity index is 2000. The standard InChI is InChI=1S/C38H46N4O6/c1-19-25(11-13-35(43)47-9)31-18-32-26(12-14-36(44)48-10)20(2)28(40-32)16-33-38(24(6)46-8)22(4)30(42-33)17-34-37(23(5)45-7)21(3)29(41-34)15-27(19)39-31/h15-18,23-24,39,42H,11-14H2,1-10H3. The summed E-state index contributed by atoms with van der Waals surface area (Å²) in [5, 5.41) is 0. The Morgan fingerprint density at radius 1 is 0.646 bits per heavy atom. The maximum absolute atomic E-state index is 12.3. The predicted molar refractivity (Wildman–Crippen MR) is 189 cm³/mol. The van der Waals surface area contributed by atoms with Crippen molar-refractivity contribution in [2.75, 3.05) is 28.4 Å². The Labute approximate surface area is 281 Å². The minimum atomic E-state index is -0.285. The summed E-state index contributed by atoms with van der Waals surface area (Å²) in [5.74, 6) is -0.566. The number of aryl methyl sites for hydroxylation is 3. The number of rotatable bonds is 10. The third-order valence-corrected chi connectivity index (χ3v) is 9.77. The highest BCUT2D eigenvalue weighted by molar-refractivity contribution is 5.96. The molecule has 3 aromatic rings. The molecular formula is C38H46N4O6. The highest BCUT2D eigenvalue weighted by Crippen LogP contribution is 2.38. The van der Waals surface area contributed by atoms with Crippen LogP contribution in [0.25, 0.3) is 44.4 Å². The summed E-state index contributed by atoms with van der Waals surface area (Å²) in [6.45, 7) is 12.3. The van der Waals surface area contributed by atoms with Crippen LogP contribution in [0.3, 0.4) is 0 Å². The molecule has 0 radical (unpaired) electrons. The van der Waals surface area contributed by atoms with Crippen LogP contribution in [0, 0.1) is 13.8 Å². The fourth-order valence-electron chi connectivity index (χ4n) is 6.72. The third-order valence-electron chi connectivity index (χ3n) is 9.77. The minimum absolute atomic E-state index is 0.186. The van der Waals surface area contributed by atoms with E-state index in [2.05, 4.69) is 42.0 Å². The first-order valence-electron chi connectivity index (χ1n) is 16.3. The molecule has 0 spiro atoms. The predicted octanol–water partition coefficient (Wildman–Crippen LogP) is 7.59. The molecule has 8 bridgehead atoms. The Morgan fingerprint density at radius 2 is 1.17 bits per heavy atom. The average Bonchev–Trinajstić information content (AvgIpc) is 3.74. The average molecular weight is 655 g/mol. The molecule has 2 atom stereocenters. The fourth-order valence-corrected chi connectivity index (χ4v) is 6.72. The minimum Gasteiger partial charge on any atom is -0.469 e. The van der Waals surface area contributed by atoms with E-state index < -0.39 is 0 Å². The number of fused-ring (bicyclic) bond motifs is 8. The molecule has 2 unspecified atom stereocenters. The Balaban J connectivity index is 1.93. The topological polar surface area (TPSA) is 128 Å². The normalized spacial score (nSPS) is 14.4. The smallest absolute Gasteiger partial charge is 0.305 e. The van der Waals surface area contributed by atoms with Gasteiger partial charge in [-0.05, 0) is 112 Å². The zero-order valence-electron chi connectivity index (χ0n) is 29.6. The van der Waals surface area contributed by atoms with Gasteiger partial charge in [0.1, 0.15) is 0 Å². The molecule has 48 heavy (non-hydrogen) atoms. The number of carbonyl (C=O) groups excluding carboxylic acids is 2. The number of aromatic nitrogens is 4. The number of nitrogens with one attached hydrogen (secondary N) is 2. The molecule has 0 aliphatic carbocycles. The van der Waals surface area contributed by atoms with Gasteiger partial charge in [0, 0.05) is 60.3 Å². The van der Waals surface area contributed by atoms with E-state index >= 15 is 0 Å². The van der Waals surface area contributed by atoms with Crippen molar-refractivity contribution in [3.63, 3.8) is 0 Å². The molecule has 2 aliphatic heterocycles. The van der Waals surface area contributed by atoms with Crippen molar-refractivity contribution in [1.82, 2.24) is 19.9 Å². The van der Waals surface area contributed by atoms with Gasteiger partial charge < -0.3 is 28.9 Å². The maximum atomic E-state index is 12.3. The van der Waals surface area contributed by atoms with Gasteiger partial charge in [-0.1, -0.05) is 0 Å². The first-order chi connectivity index (χ1) is 22.9. The first kappa shape index (κ1) is 34.8. The number of nitrogens with zero attached hydrogens (tertiary/aromatic N) is 2. The maximum Gasteiger partial charge on any atom is 0.305 e. The van der Waals surface area contributed by atoms with Gasteiger partial charge in [-0.3, -0.25) is 9.59 Å². The summed E-state index contributed by atoms with van der Waals surface area (Å²) in [5.41, 5.74) is 14.8. The van der Waals surface area contributed by atoms with E-state index in [1.165, 1.54) is 14.2 Å². The van der Waals surface area contributed by atoms with Crippen molar-refractivity contribution in [2.45, 2.75) is 79.4 Å². The number of H-pyrrole nitrogens is 2. The first-order valence-corrected chi connectivity index (χ1v) is 16.3. The van der Waals surface area contributed by atoms with Gasteiger partial charge in [0.25, 0.3) is 0 Å². The van der Waals surface area contributed by atoms with Gasteiger partial charge in [0.15, 0.2) is 0 Å². The molecule has 0 aromatic carbocycles. The molecule has 254 valence electrons. The van der Waals surface area contributed by atoms with E-state index in [0.29, 0.717) is 12.8 Å². The monoisotopic (exact) mass is 654 g/mol. The van der Waals surface area contributed by atoms with Crippen LogP contribution in [0.5, 0.6) is 0 Å². The number of aromatic amines is 2. The van der Waals surface area contributed by atoms with Crippen molar-refractivity contribution >= 4 is 56.3 Å². The third kappa shape index (κ3) is 6.59. The van der Waals surface area contributed by atoms with Crippen molar-refractivity contribution in [3.05, 3.63) is 69.3 Å². The highest BCUT2D eigenvalue weighted by Gasteiger charge is 2.25. The lowest BCUT2D eigenvalue weighted by molar-refractivity contribution is -0.141. The molecule has 10 heteroatoms. The fraction of sp³-hybridized carbons (Fsp3) is 0.421. The summed E-state index contributed by atoms with van der Waals surface area (Å²) in [6.07, 6.45) is 1.02. The zero-order chi connectivity index (χ0) is 34.9. The number of allylic oxidation sites excluding steroid dienone is 3. The molecule has 0 fully saturated rings. The van der Waals surface area contributed by atoms with Crippen molar-refractivity contribution in [1.29, 1.82) is 0 Å². The number of ether oxygens (including phenoxy) is 4.